The second-order valence-corrected chi connectivity index (χ2v) is 2.52. The zero-order valence-corrected chi connectivity index (χ0v) is 7.85. The van der Waals surface area contributed by atoms with Crippen molar-refractivity contribution in [2.45, 2.75) is 12.8 Å². The van der Waals surface area contributed by atoms with Crippen LogP contribution in [0.3, 0.4) is 0 Å². The van der Waals surface area contributed by atoms with Crippen molar-refractivity contribution in [2.75, 3.05) is 33.9 Å². The summed E-state index contributed by atoms with van der Waals surface area (Å²) in [5, 5.41) is 5.74. The molecule has 0 saturated heterocycles. The smallest absolute Gasteiger partial charge is 0.219 e. The fraction of sp³-hybridized carbons (Fsp3) is 0.875. The molecule has 0 atom stereocenters. The summed E-state index contributed by atoms with van der Waals surface area (Å²) < 4.78 is 4.85. The first-order chi connectivity index (χ1) is 5.81. The molecule has 0 aromatic rings. The van der Waals surface area contributed by atoms with Crippen molar-refractivity contribution in [3.8, 4) is 0 Å². The summed E-state index contributed by atoms with van der Waals surface area (Å²) in [5.41, 5.74) is 0. The van der Waals surface area contributed by atoms with E-state index in [1.54, 1.807) is 14.2 Å². The summed E-state index contributed by atoms with van der Waals surface area (Å²) in [6.45, 7) is 2.45. The predicted molar refractivity (Wildman–Crippen MR) is 48.0 cm³/mol. The average Bonchev–Trinajstić information content (AvgIpc) is 2.10. The molecule has 1 amide bonds. The normalized spacial score (nSPS) is 9.83. The standard InChI is InChI=1S/C8H18N2O2/c1-9-8(11)4-3-5-10-6-7-12-2/h10H,3-7H2,1-2H3,(H,9,11). The minimum atomic E-state index is 0.101. The van der Waals surface area contributed by atoms with Crippen molar-refractivity contribution in [3.63, 3.8) is 0 Å². The minimum absolute atomic E-state index is 0.101. The highest BCUT2D eigenvalue weighted by Crippen LogP contribution is 1.85. The second-order valence-electron chi connectivity index (χ2n) is 2.52. The molecule has 0 spiro atoms. The Labute approximate surface area is 73.7 Å². The molecule has 0 aromatic heterocycles. The SMILES string of the molecule is CNC(=O)CCCNCCOC. The van der Waals surface area contributed by atoms with Crippen molar-refractivity contribution in [1.29, 1.82) is 0 Å². The van der Waals surface area contributed by atoms with Gasteiger partial charge in [0.2, 0.25) is 5.91 Å². The van der Waals surface area contributed by atoms with Gasteiger partial charge in [0.25, 0.3) is 0 Å². The molecule has 4 nitrogen and oxygen atoms in total. The summed E-state index contributed by atoms with van der Waals surface area (Å²) in [6, 6.07) is 0. The summed E-state index contributed by atoms with van der Waals surface area (Å²) in [5.74, 6) is 0.101. The first kappa shape index (κ1) is 11.4. The van der Waals surface area contributed by atoms with E-state index in [0.717, 1.165) is 26.1 Å². The fourth-order valence-electron chi connectivity index (χ4n) is 0.798. The van der Waals surface area contributed by atoms with Gasteiger partial charge in [0.1, 0.15) is 0 Å². The Hall–Kier alpha value is -0.610. The number of nitrogens with one attached hydrogen (secondary N) is 2. The lowest BCUT2D eigenvalue weighted by Gasteiger charge is -2.02. The highest BCUT2D eigenvalue weighted by atomic mass is 16.5. The highest BCUT2D eigenvalue weighted by Gasteiger charge is 1.95. The number of hydrogen-bond donors (Lipinski definition) is 2. The van der Waals surface area contributed by atoms with Crippen molar-refractivity contribution < 1.29 is 9.53 Å². The van der Waals surface area contributed by atoms with E-state index in [4.69, 9.17) is 4.74 Å². The molecule has 0 radical (unpaired) electrons. The Morgan fingerprint density at radius 1 is 1.42 bits per heavy atom. The molecule has 0 aliphatic heterocycles. The van der Waals surface area contributed by atoms with Gasteiger partial charge < -0.3 is 15.4 Å². The second kappa shape index (κ2) is 8.49. The Morgan fingerprint density at radius 3 is 2.75 bits per heavy atom. The third-order valence-electron chi connectivity index (χ3n) is 1.52. The number of hydrogen-bond acceptors (Lipinski definition) is 3. The monoisotopic (exact) mass is 174 g/mol. The minimum Gasteiger partial charge on any atom is -0.383 e. The van der Waals surface area contributed by atoms with Crippen LogP contribution >= 0.6 is 0 Å². The Kier molecular flexibility index (Phi) is 8.05. The van der Waals surface area contributed by atoms with Crippen LogP contribution < -0.4 is 10.6 Å². The van der Waals surface area contributed by atoms with Gasteiger partial charge in [-0.15, -0.1) is 0 Å². The molecule has 0 heterocycles. The van der Waals surface area contributed by atoms with Crippen LogP contribution in [0.1, 0.15) is 12.8 Å². The van der Waals surface area contributed by atoms with Crippen LogP contribution in [0.4, 0.5) is 0 Å². The molecule has 0 unspecified atom stereocenters. The third-order valence-corrected chi connectivity index (χ3v) is 1.52. The van der Waals surface area contributed by atoms with Gasteiger partial charge in [-0.1, -0.05) is 0 Å². The Bertz CT molecular complexity index is 118. The van der Waals surface area contributed by atoms with Gasteiger partial charge >= 0.3 is 0 Å². The van der Waals surface area contributed by atoms with Crippen molar-refractivity contribution in [3.05, 3.63) is 0 Å². The molecule has 0 saturated carbocycles. The molecule has 4 heteroatoms. The third kappa shape index (κ3) is 7.50. The number of rotatable bonds is 7. The number of amides is 1. The van der Waals surface area contributed by atoms with E-state index < -0.39 is 0 Å². The first-order valence-corrected chi connectivity index (χ1v) is 4.21. The molecule has 0 fully saturated rings. The van der Waals surface area contributed by atoms with E-state index in [2.05, 4.69) is 10.6 Å². The van der Waals surface area contributed by atoms with Gasteiger partial charge in [-0.25, -0.2) is 0 Å². The van der Waals surface area contributed by atoms with Crippen LogP contribution in [0, 0.1) is 0 Å². The molecule has 2 N–H and O–H groups in total. The van der Waals surface area contributed by atoms with E-state index >= 15 is 0 Å². The largest absolute Gasteiger partial charge is 0.383 e. The van der Waals surface area contributed by atoms with Crippen LogP contribution in [-0.4, -0.2) is 39.8 Å². The van der Waals surface area contributed by atoms with Crippen LogP contribution in [0.15, 0.2) is 0 Å². The van der Waals surface area contributed by atoms with Crippen molar-refractivity contribution >= 4 is 5.91 Å². The maximum absolute atomic E-state index is 10.7. The fourth-order valence-corrected chi connectivity index (χ4v) is 0.798. The van der Waals surface area contributed by atoms with Crippen molar-refractivity contribution in [2.24, 2.45) is 0 Å². The zero-order chi connectivity index (χ0) is 9.23. The summed E-state index contributed by atoms with van der Waals surface area (Å²) >= 11 is 0. The number of ether oxygens (including phenoxy) is 1. The van der Waals surface area contributed by atoms with Crippen LogP contribution in [-0.2, 0) is 9.53 Å². The van der Waals surface area contributed by atoms with E-state index in [1.165, 1.54) is 0 Å². The average molecular weight is 174 g/mol. The van der Waals surface area contributed by atoms with Gasteiger partial charge in [-0.05, 0) is 13.0 Å². The quantitative estimate of drug-likeness (QED) is 0.523. The molecular formula is C8H18N2O2. The zero-order valence-electron chi connectivity index (χ0n) is 7.85. The molecule has 0 aliphatic carbocycles. The lowest BCUT2D eigenvalue weighted by Crippen LogP contribution is -2.23. The number of carbonyl (C=O) groups is 1. The van der Waals surface area contributed by atoms with Crippen molar-refractivity contribution in [1.82, 2.24) is 10.6 Å². The van der Waals surface area contributed by atoms with Crippen LogP contribution in [0.5, 0.6) is 0 Å². The number of carbonyl (C=O) groups excluding carboxylic acids is 1. The topological polar surface area (TPSA) is 50.4 Å². The van der Waals surface area contributed by atoms with Gasteiger partial charge in [0.05, 0.1) is 6.61 Å². The van der Waals surface area contributed by atoms with Gasteiger partial charge in [0, 0.05) is 27.1 Å². The highest BCUT2D eigenvalue weighted by molar-refractivity contribution is 5.75. The molecule has 72 valence electrons. The summed E-state index contributed by atoms with van der Waals surface area (Å²) in [6.07, 6.45) is 1.47. The first-order valence-electron chi connectivity index (χ1n) is 4.21. The molecular weight excluding hydrogens is 156 g/mol. The van der Waals surface area contributed by atoms with Gasteiger partial charge in [-0.2, -0.15) is 0 Å². The maximum Gasteiger partial charge on any atom is 0.219 e. The molecule has 0 bridgehead atoms. The lowest BCUT2D eigenvalue weighted by atomic mass is 10.3. The van der Waals surface area contributed by atoms with Gasteiger partial charge in [0.15, 0.2) is 0 Å². The molecule has 0 aliphatic rings. The van der Waals surface area contributed by atoms with Crippen LogP contribution in [0.25, 0.3) is 0 Å². The van der Waals surface area contributed by atoms with E-state index in [9.17, 15) is 4.79 Å². The molecule has 12 heavy (non-hydrogen) atoms. The van der Waals surface area contributed by atoms with E-state index in [1.807, 2.05) is 0 Å². The molecule has 0 rings (SSSR count). The number of methoxy groups -OCH3 is 1. The predicted octanol–water partition coefficient (Wildman–Crippen LogP) is -0.251. The summed E-state index contributed by atoms with van der Waals surface area (Å²) in [4.78, 5) is 10.7. The van der Waals surface area contributed by atoms with E-state index in [0.29, 0.717) is 6.42 Å². The van der Waals surface area contributed by atoms with Gasteiger partial charge in [-0.3, -0.25) is 4.79 Å². The Morgan fingerprint density at radius 2 is 2.17 bits per heavy atom. The lowest BCUT2D eigenvalue weighted by molar-refractivity contribution is -0.120. The Balaban J connectivity index is 2.95. The molecule has 0 aromatic carbocycles. The van der Waals surface area contributed by atoms with E-state index in [-0.39, 0.29) is 5.91 Å². The summed E-state index contributed by atoms with van der Waals surface area (Å²) in [7, 11) is 3.33. The maximum atomic E-state index is 10.7. The van der Waals surface area contributed by atoms with Crippen LogP contribution in [0.2, 0.25) is 0 Å².